The van der Waals surface area contributed by atoms with Crippen LogP contribution in [0.5, 0.6) is 0 Å². The molecule has 0 radical (unpaired) electrons. The number of nitrogens with one attached hydrogen (secondary N) is 1. The fourth-order valence-electron chi connectivity index (χ4n) is 1.08. The van der Waals surface area contributed by atoms with E-state index in [0.717, 1.165) is 12.1 Å². The molecule has 0 saturated carbocycles. The topological polar surface area (TPSA) is 64.3 Å². The highest BCUT2D eigenvalue weighted by molar-refractivity contribution is 5.84. The molecule has 1 aromatic rings. The monoisotopic (exact) mass is 248 g/mol. The van der Waals surface area contributed by atoms with Crippen molar-refractivity contribution in [2.75, 3.05) is 18.5 Å². The van der Waals surface area contributed by atoms with Gasteiger partial charge in [-0.3, -0.25) is 5.32 Å². The fraction of sp³-hybridized carbons (Fsp3) is 0.300. The molecule has 0 fully saturated rings. The number of hydrogen-bond donors (Lipinski definition) is 2. The molecular weight excluding hydrogens is 237 g/mol. The molecule has 1 rings (SSSR count). The maximum atomic E-state index is 12.3. The van der Waals surface area contributed by atoms with Crippen LogP contribution in [0.3, 0.4) is 0 Å². The van der Waals surface area contributed by atoms with E-state index in [0.29, 0.717) is 0 Å². The largest absolute Gasteiger partial charge is 0.448 e. The van der Waals surface area contributed by atoms with Gasteiger partial charge in [0.05, 0.1) is 5.56 Å². The van der Waals surface area contributed by atoms with Gasteiger partial charge in [0.25, 0.3) is 0 Å². The first-order valence-electron chi connectivity index (χ1n) is 4.74. The van der Waals surface area contributed by atoms with Crippen LogP contribution in [0.1, 0.15) is 5.56 Å². The zero-order valence-electron chi connectivity index (χ0n) is 8.75. The first-order valence-corrected chi connectivity index (χ1v) is 4.74. The molecule has 3 N–H and O–H groups in total. The van der Waals surface area contributed by atoms with Crippen molar-refractivity contribution in [3.05, 3.63) is 29.8 Å². The first kappa shape index (κ1) is 13.3. The summed E-state index contributed by atoms with van der Waals surface area (Å²) in [6.07, 6.45) is -5.28. The Kier molecular flexibility index (Phi) is 4.33. The maximum Gasteiger partial charge on any atom is 0.416 e. The number of halogens is 3. The molecular formula is C10H11F3N2O2. The van der Waals surface area contributed by atoms with E-state index in [1.165, 1.54) is 12.1 Å². The number of hydrogen-bond acceptors (Lipinski definition) is 3. The summed E-state index contributed by atoms with van der Waals surface area (Å²) in [5.74, 6) is 0. The van der Waals surface area contributed by atoms with E-state index < -0.39 is 17.8 Å². The van der Waals surface area contributed by atoms with Crippen molar-refractivity contribution in [1.29, 1.82) is 0 Å². The molecule has 0 aromatic heterocycles. The van der Waals surface area contributed by atoms with E-state index in [1.54, 1.807) is 0 Å². The van der Waals surface area contributed by atoms with Crippen LogP contribution in [-0.2, 0) is 10.9 Å². The molecule has 0 aliphatic carbocycles. The Morgan fingerprint density at radius 2 is 2.12 bits per heavy atom. The number of benzene rings is 1. The van der Waals surface area contributed by atoms with Gasteiger partial charge in [0.15, 0.2) is 0 Å². The molecule has 0 bridgehead atoms. The van der Waals surface area contributed by atoms with Crippen LogP contribution in [0.25, 0.3) is 0 Å². The van der Waals surface area contributed by atoms with Crippen molar-refractivity contribution in [2.24, 2.45) is 5.73 Å². The number of ether oxygens (including phenoxy) is 1. The highest BCUT2D eigenvalue weighted by atomic mass is 19.4. The molecule has 94 valence electrons. The molecule has 7 heteroatoms. The van der Waals surface area contributed by atoms with Crippen molar-refractivity contribution in [3.8, 4) is 0 Å². The minimum atomic E-state index is -4.45. The van der Waals surface area contributed by atoms with Crippen LogP contribution in [0.2, 0.25) is 0 Å². The second-order valence-electron chi connectivity index (χ2n) is 3.13. The molecule has 4 nitrogen and oxygen atoms in total. The summed E-state index contributed by atoms with van der Waals surface area (Å²) in [6.45, 7) is 0.154. The summed E-state index contributed by atoms with van der Waals surface area (Å²) in [5.41, 5.74) is 4.27. The van der Waals surface area contributed by atoms with Gasteiger partial charge in [0, 0.05) is 12.2 Å². The SMILES string of the molecule is NCCOC(=O)Nc1cccc(C(F)(F)F)c1. The number of carbonyl (C=O) groups excluding carboxylic acids is 1. The van der Waals surface area contributed by atoms with E-state index in [2.05, 4.69) is 10.1 Å². The lowest BCUT2D eigenvalue weighted by molar-refractivity contribution is -0.137. The van der Waals surface area contributed by atoms with Crippen LogP contribution < -0.4 is 11.1 Å². The Morgan fingerprint density at radius 3 is 2.71 bits per heavy atom. The third-order valence-electron chi connectivity index (χ3n) is 1.79. The average Bonchev–Trinajstić information content (AvgIpc) is 2.25. The lowest BCUT2D eigenvalue weighted by Crippen LogP contribution is -2.18. The molecule has 0 aliphatic heterocycles. The summed E-state index contributed by atoms with van der Waals surface area (Å²) in [6, 6.07) is 4.26. The molecule has 0 saturated heterocycles. The van der Waals surface area contributed by atoms with E-state index in [4.69, 9.17) is 5.73 Å². The number of nitrogens with two attached hydrogens (primary N) is 1. The Labute approximate surface area is 95.6 Å². The van der Waals surface area contributed by atoms with Gasteiger partial charge >= 0.3 is 12.3 Å². The molecule has 0 unspecified atom stereocenters. The van der Waals surface area contributed by atoms with Crippen LogP contribution >= 0.6 is 0 Å². The second kappa shape index (κ2) is 5.53. The van der Waals surface area contributed by atoms with Gasteiger partial charge in [-0.25, -0.2) is 4.79 Å². The second-order valence-corrected chi connectivity index (χ2v) is 3.13. The minimum Gasteiger partial charge on any atom is -0.448 e. The lowest BCUT2D eigenvalue weighted by Gasteiger charge is -2.09. The number of amides is 1. The third-order valence-corrected chi connectivity index (χ3v) is 1.79. The fourth-order valence-corrected chi connectivity index (χ4v) is 1.08. The molecule has 1 amide bonds. The molecule has 17 heavy (non-hydrogen) atoms. The van der Waals surface area contributed by atoms with E-state index in [1.807, 2.05) is 0 Å². The van der Waals surface area contributed by atoms with Gasteiger partial charge in [-0.1, -0.05) is 6.07 Å². The molecule has 0 heterocycles. The molecule has 0 atom stereocenters. The quantitative estimate of drug-likeness (QED) is 0.861. The zero-order valence-corrected chi connectivity index (χ0v) is 8.75. The summed E-state index contributed by atoms with van der Waals surface area (Å²) in [4.78, 5) is 11.1. The van der Waals surface area contributed by atoms with Crippen molar-refractivity contribution < 1.29 is 22.7 Å². The summed E-state index contributed by atoms with van der Waals surface area (Å²) in [7, 11) is 0. The van der Waals surface area contributed by atoms with Crippen LogP contribution in [0.15, 0.2) is 24.3 Å². The number of alkyl halides is 3. The Balaban J connectivity index is 2.69. The average molecular weight is 248 g/mol. The lowest BCUT2D eigenvalue weighted by atomic mass is 10.2. The zero-order chi connectivity index (χ0) is 12.9. The van der Waals surface area contributed by atoms with Gasteiger partial charge < -0.3 is 10.5 Å². The normalized spacial score (nSPS) is 11.1. The van der Waals surface area contributed by atoms with Crippen molar-refractivity contribution in [1.82, 2.24) is 0 Å². The van der Waals surface area contributed by atoms with Gasteiger partial charge in [-0.15, -0.1) is 0 Å². The first-order chi connectivity index (χ1) is 7.93. The summed E-state index contributed by atoms with van der Waals surface area (Å²) in [5, 5.41) is 2.17. The predicted octanol–water partition coefficient (Wildman–Crippen LogP) is 2.21. The van der Waals surface area contributed by atoms with Crippen LogP contribution in [0.4, 0.5) is 23.7 Å². The minimum absolute atomic E-state index is 0.00476. The van der Waals surface area contributed by atoms with Gasteiger partial charge in [0.1, 0.15) is 6.61 Å². The molecule has 1 aromatic carbocycles. The Morgan fingerprint density at radius 1 is 1.41 bits per heavy atom. The third kappa shape index (κ3) is 4.31. The van der Waals surface area contributed by atoms with Gasteiger partial charge in [0.2, 0.25) is 0 Å². The summed E-state index contributed by atoms with van der Waals surface area (Å²) < 4.78 is 41.6. The maximum absolute atomic E-state index is 12.3. The predicted molar refractivity (Wildman–Crippen MR) is 55.5 cm³/mol. The van der Waals surface area contributed by atoms with E-state index in [-0.39, 0.29) is 18.8 Å². The smallest absolute Gasteiger partial charge is 0.416 e. The van der Waals surface area contributed by atoms with Crippen molar-refractivity contribution in [2.45, 2.75) is 6.18 Å². The number of anilines is 1. The number of carbonyl (C=O) groups is 1. The molecule has 0 aliphatic rings. The van der Waals surface area contributed by atoms with Gasteiger partial charge in [-0.05, 0) is 18.2 Å². The standard InChI is InChI=1S/C10H11F3N2O2/c11-10(12,13)7-2-1-3-8(6-7)15-9(16)17-5-4-14/h1-3,6H,4-5,14H2,(H,15,16). The Bertz CT molecular complexity index is 393. The summed E-state index contributed by atoms with van der Waals surface area (Å²) >= 11 is 0. The Hall–Kier alpha value is -1.76. The number of rotatable bonds is 3. The highest BCUT2D eigenvalue weighted by Gasteiger charge is 2.30. The van der Waals surface area contributed by atoms with Crippen LogP contribution in [-0.4, -0.2) is 19.2 Å². The van der Waals surface area contributed by atoms with Gasteiger partial charge in [-0.2, -0.15) is 13.2 Å². The van der Waals surface area contributed by atoms with E-state index in [9.17, 15) is 18.0 Å². The van der Waals surface area contributed by atoms with E-state index >= 15 is 0 Å². The highest BCUT2D eigenvalue weighted by Crippen LogP contribution is 2.30. The van der Waals surface area contributed by atoms with Crippen LogP contribution in [0, 0.1) is 0 Å². The van der Waals surface area contributed by atoms with Crippen molar-refractivity contribution in [3.63, 3.8) is 0 Å². The van der Waals surface area contributed by atoms with Crippen molar-refractivity contribution >= 4 is 11.8 Å². The molecule has 0 spiro atoms.